The van der Waals surface area contributed by atoms with Crippen molar-refractivity contribution in [3.63, 3.8) is 0 Å². The summed E-state index contributed by atoms with van der Waals surface area (Å²) in [5.74, 6) is 1.58. The Bertz CT molecular complexity index is 934. The number of sulfonamides is 1. The number of benzene rings is 1. The van der Waals surface area contributed by atoms with Gasteiger partial charge in [0.05, 0.1) is 11.2 Å². The lowest BCUT2D eigenvalue weighted by Crippen LogP contribution is -2.31. The van der Waals surface area contributed by atoms with Crippen LogP contribution >= 0.6 is 0 Å². The zero-order valence-electron chi connectivity index (χ0n) is 13.7. The Balaban J connectivity index is 1.55. The normalized spacial score (nSPS) is 14.9. The summed E-state index contributed by atoms with van der Waals surface area (Å²) in [6, 6.07) is 9.46. The monoisotopic (exact) mass is 375 g/mol. The molecule has 0 aliphatic carbocycles. The Morgan fingerprint density at radius 3 is 2.73 bits per heavy atom. The first kappa shape index (κ1) is 16.7. The Kier molecular flexibility index (Phi) is 4.39. The van der Waals surface area contributed by atoms with Gasteiger partial charge in [0.15, 0.2) is 11.5 Å². The highest BCUT2D eigenvalue weighted by atomic mass is 32.2. The quantitative estimate of drug-likeness (QED) is 0.706. The van der Waals surface area contributed by atoms with Crippen molar-refractivity contribution < 1.29 is 22.3 Å². The van der Waals surface area contributed by atoms with Crippen molar-refractivity contribution in [1.29, 1.82) is 0 Å². The van der Waals surface area contributed by atoms with Crippen molar-refractivity contribution in [3.05, 3.63) is 60.8 Å². The summed E-state index contributed by atoms with van der Waals surface area (Å²) < 4.78 is 46.0. The minimum atomic E-state index is -3.74. The second-order valence-corrected chi connectivity index (χ2v) is 7.44. The Hall–Kier alpha value is -2.78. The second kappa shape index (κ2) is 6.85. The van der Waals surface area contributed by atoms with Gasteiger partial charge in [-0.25, -0.2) is 13.1 Å². The van der Waals surface area contributed by atoms with E-state index in [1.54, 1.807) is 47.6 Å². The summed E-state index contributed by atoms with van der Waals surface area (Å²) in [5.41, 5.74) is 0. The van der Waals surface area contributed by atoms with E-state index in [9.17, 15) is 8.42 Å². The molecular weight excluding hydrogens is 358 g/mol. The van der Waals surface area contributed by atoms with Gasteiger partial charge in [0.2, 0.25) is 10.0 Å². The lowest BCUT2D eigenvalue weighted by atomic mass is 10.2. The summed E-state index contributed by atoms with van der Waals surface area (Å²) in [6.07, 6.45) is 4.93. The third kappa shape index (κ3) is 3.31. The number of hydrogen-bond acceptors (Lipinski definition) is 6. The van der Waals surface area contributed by atoms with Crippen molar-refractivity contribution >= 4 is 10.0 Å². The van der Waals surface area contributed by atoms with E-state index in [-0.39, 0.29) is 11.4 Å². The summed E-state index contributed by atoms with van der Waals surface area (Å²) >= 11 is 0. The molecule has 1 unspecified atom stereocenters. The summed E-state index contributed by atoms with van der Waals surface area (Å²) in [4.78, 5) is 0.111. The molecule has 0 bridgehead atoms. The van der Waals surface area contributed by atoms with Crippen molar-refractivity contribution in [3.8, 4) is 11.5 Å². The third-order valence-electron chi connectivity index (χ3n) is 4.01. The van der Waals surface area contributed by atoms with Crippen LogP contribution in [0.25, 0.3) is 0 Å². The van der Waals surface area contributed by atoms with Crippen LogP contribution in [0.1, 0.15) is 11.8 Å². The summed E-state index contributed by atoms with van der Waals surface area (Å²) in [6.45, 7) is 0.932. The van der Waals surface area contributed by atoms with Crippen molar-refractivity contribution in [2.24, 2.45) is 0 Å². The molecule has 0 radical (unpaired) electrons. The first-order valence-electron chi connectivity index (χ1n) is 8.05. The van der Waals surface area contributed by atoms with Crippen LogP contribution in [0, 0.1) is 0 Å². The van der Waals surface area contributed by atoms with Crippen LogP contribution in [0.15, 0.2) is 64.4 Å². The van der Waals surface area contributed by atoms with E-state index in [0.717, 1.165) is 0 Å². The predicted molar refractivity (Wildman–Crippen MR) is 91.7 cm³/mol. The molecule has 1 aromatic carbocycles. The lowest BCUT2D eigenvalue weighted by Gasteiger charge is -2.19. The number of rotatable bonds is 6. The van der Waals surface area contributed by atoms with Crippen LogP contribution in [0.4, 0.5) is 0 Å². The van der Waals surface area contributed by atoms with E-state index in [1.165, 1.54) is 12.1 Å². The van der Waals surface area contributed by atoms with Gasteiger partial charge in [-0.05, 0) is 30.3 Å². The van der Waals surface area contributed by atoms with Crippen LogP contribution in [-0.4, -0.2) is 38.0 Å². The molecule has 136 valence electrons. The zero-order valence-corrected chi connectivity index (χ0v) is 14.6. The molecule has 0 fully saturated rings. The molecule has 9 heteroatoms. The van der Waals surface area contributed by atoms with Crippen LogP contribution in [-0.2, 0) is 10.0 Å². The highest BCUT2D eigenvalue weighted by Gasteiger charge is 2.23. The van der Waals surface area contributed by atoms with Gasteiger partial charge in [0.25, 0.3) is 0 Å². The first-order chi connectivity index (χ1) is 12.6. The zero-order chi connectivity index (χ0) is 18.0. The number of hydrogen-bond donors (Lipinski definition) is 1. The van der Waals surface area contributed by atoms with Gasteiger partial charge in [-0.15, -0.1) is 0 Å². The molecule has 3 aromatic rings. The summed E-state index contributed by atoms with van der Waals surface area (Å²) in [7, 11) is -3.74. The molecule has 2 aromatic heterocycles. The fraction of sp³-hybridized carbons (Fsp3) is 0.235. The maximum atomic E-state index is 12.7. The predicted octanol–water partition coefficient (Wildman–Crippen LogP) is 1.82. The van der Waals surface area contributed by atoms with Crippen LogP contribution in [0.5, 0.6) is 11.5 Å². The number of furan rings is 1. The minimum Gasteiger partial charge on any atom is -0.486 e. The van der Waals surface area contributed by atoms with Gasteiger partial charge in [-0.1, -0.05) is 0 Å². The van der Waals surface area contributed by atoms with Gasteiger partial charge >= 0.3 is 0 Å². The number of fused-ring (bicyclic) bond motifs is 1. The first-order valence-corrected chi connectivity index (χ1v) is 9.54. The Morgan fingerprint density at radius 2 is 2.00 bits per heavy atom. The average Bonchev–Trinajstić information content (AvgIpc) is 3.36. The topological polar surface area (TPSA) is 95.6 Å². The molecule has 26 heavy (non-hydrogen) atoms. The van der Waals surface area contributed by atoms with E-state index in [4.69, 9.17) is 13.9 Å². The molecule has 0 saturated heterocycles. The average molecular weight is 375 g/mol. The standard InChI is InChI=1S/C17H17N3O5S/c21-26(22,13-4-5-16-17(11-13)25-10-9-24-16)19-12-14(15-3-1-8-23-15)20-7-2-6-18-20/h1-8,11,14,19H,9-10,12H2. The van der Waals surface area contributed by atoms with Crippen LogP contribution in [0.3, 0.4) is 0 Å². The molecule has 1 aliphatic heterocycles. The van der Waals surface area contributed by atoms with Gasteiger partial charge in [-0.3, -0.25) is 4.68 Å². The fourth-order valence-electron chi connectivity index (χ4n) is 2.73. The third-order valence-corrected chi connectivity index (χ3v) is 5.43. The molecule has 0 amide bonds. The molecule has 1 atom stereocenters. The fourth-order valence-corrected chi connectivity index (χ4v) is 3.79. The van der Waals surface area contributed by atoms with Crippen LogP contribution in [0.2, 0.25) is 0 Å². The summed E-state index contributed by atoms with van der Waals surface area (Å²) in [5, 5.41) is 4.19. The SMILES string of the molecule is O=S(=O)(NCC(c1ccco1)n1cccn1)c1ccc2c(c1)OCCO2. The van der Waals surface area contributed by atoms with Crippen molar-refractivity contribution in [2.45, 2.75) is 10.9 Å². The number of nitrogens with one attached hydrogen (secondary N) is 1. The smallest absolute Gasteiger partial charge is 0.240 e. The maximum Gasteiger partial charge on any atom is 0.240 e. The Labute approximate surface area is 150 Å². The van der Waals surface area contributed by atoms with E-state index in [0.29, 0.717) is 30.5 Å². The van der Waals surface area contributed by atoms with Crippen molar-refractivity contribution in [2.75, 3.05) is 19.8 Å². The molecule has 1 N–H and O–H groups in total. The maximum absolute atomic E-state index is 12.7. The molecular formula is C17H17N3O5S. The van der Waals surface area contributed by atoms with Crippen LogP contribution < -0.4 is 14.2 Å². The van der Waals surface area contributed by atoms with E-state index >= 15 is 0 Å². The van der Waals surface area contributed by atoms with Gasteiger partial charge < -0.3 is 13.9 Å². The number of nitrogens with zero attached hydrogens (tertiary/aromatic N) is 2. The molecule has 3 heterocycles. The number of ether oxygens (including phenoxy) is 2. The molecule has 1 aliphatic rings. The van der Waals surface area contributed by atoms with E-state index < -0.39 is 16.1 Å². The minimum absolute atomic E-state index is 0.0893. The Morgan fingerprint density at radius 1 is 1.15 bits per heavy atom. The highest BCUT2D eigenvalue weighted by molar-refractivity contribution is 7.89. The lowest BCUT2D eigenvalue weighted by molar-refractivity contribution is 0.171. The second-order valence-electron chi connectivity index (χ2n) is 5.67. The van der Waals surface area contributed by atoms with E-state index in [2.05, 4.69) is 9.82 Å². The largest absolute Gasteiger partial charge is 0.486 e. The molecule has 0 saturated carbocycles. The van der Waals surface area contributed by atoms with Gasteiger partial charge in [0, 0.05) is 25.0 Å². The number of aromatic nitrogens is 2. The van der Waals surface area contributed by atoms with E-state index in [1.807, 2.05) is 0 Å². The molecule has 0 spiro atoms. The molecule has 8 nitrogen and oxygen atoms in total. The highest BCUT2D eigenvalue weighted by Crippen LogP contribution is 2.32. The molecule has 4 rings (SSSR count). The van der Waals surface area contributed by atoms with Gasteiger partial charge in [-0.2, -0.15) is 5.10 Å². The van der Waals surface area contributed by atoms with Gasteiger partial charge in [0.1, 0.15) is 25.0 Å². The van der Waals surface area contributed by atoms with Crippen molar-refractivity contribution in [1.82, 2.24) is 14.5 Å².